The van der Waals surface area contributed by atoms with Gasteiger partial charge in [0.15, 0.2) is 0 Å². The van der Waals surface area contributed by atoms with E-state index in [1.165, 1.54) is 18.0 Å². The average Bonchev–Trinajstić information content (AvgIpc) is 2.73. The molecule has 168 valence electrons. The molecule has 0 spiro atoms. The maximum atomic E-state index is 13.1. The number of para-hydroxylation sites is 2. The summed E-state index contributed by atoms with van der Waals surface area (Å²) >= 11 is 0.879. The summed E-state index contributed by atoms with van der Waals surface area (Å²) in [4.78, 5) is 33.3. The number of aryl methyl sites for hydroxylation is 2. The van der Waals surface area contributed by atoms with Crippen molar-refractivity contribution < 1.29 is 22.8 Å². The van der Waals surface area contributed by atoms with Crippen LogP contribution >= 0.6 is 11.8 Å². The van der Waals surface area contributed by atoms with Gasteiger partial charge in [0.25, 0.3) is 0 Å². The molecule has 3 aromatic rings. The summed E-state index contributed by atoms with van der Waals surface area (Å²) in [6.45, 7) is 3.55. The van der Waals surface area contributed by atoms with Crippen molar-refractivity contribution in [1.29, 1.82) is 0 Å². The van der Waals surface area contributed by atoms with E-state index in [0.717, 1.165) is 22.9 Å². The van der Waals surface area contributed by atoms with Gasteiger partial charge in [-0.25, -0.2) is 9.97 Å². The average molecular weight is 462 g/mol. The first-order chi connectivity index (χ1) is 15.1. The smallest absolute Gasteiger partial charge is 0.336 e. The molecule has 0 radical (unpaired) electrons. The molecule has 0 saturated carbocycles. The largest absolute Gasteiger partial charge is 0.451 e. The van der Waals surface area contributed by atoms with E-state index >= 15 is 0 Å². The number of nitrogens with one attached hydrogen (secondary N) is 1. The molecule has 0 aliphatic heterocycles. The topological polar surface area (TPSA) is 75.2 Å². The number of carbonyl (C=O) groups is 2. The van der Waals surface area contributed by atoms with Gasteiger partial charge in [-0.3, -0.25) is 9.59 Å². The van der Waals surface area contributed by atoms with Gasteiger partial charge in [-0.2, -0.15) is 13.2 Å². The quantitative estimate of drug-likeness (QED) is 0.433. The fraction of sp³-hybridized carbons (Fsp3) is 0.273. The first-order valence-corrected chi connectivity index (χ1v) is 10.6. The second-order valence-corrected chi connectivity index (χ2v) is 8.18. The van der Waals surface area contributed by atoms with Crippen LogP contribution in [0.1, 0.15) is 17.0 Å². The van der Waals surface area contributed by atoms with Gasteiger partial charge >= 0.3 is 6.18 Å². The van der Waals surface area contributed by atoms with Crippen LogP contribution in [0.25, 0.3) is 10.9 Å². The van der Waals surface area contributed by atoms with Crippen molar-refractivity contribution in [2.75, 3.05) is 24.7 Å². The molecule has 1 aromatic heterocycles. The number of anilines is 1. The number of benzene rings is 2. The molecule has 2 amide bonds. The molecular formula is C22H21F3N4O2S. The summed E-state index contributed by atoms with van der Waals surface area (Å²) in [5.74, 6) is -2.21. The summed E-state index contributed by atoms with van der Waals surface area (Å²) in [6.07, 6.45) is -4.70. The van der Waals surface area contributed by atoms with Gasteiger partial charge in [0.2, 0.25) is 17.6 Å². The number of aromatic nitrogens is 2. The lowest BCUT2D eigenvalue weighted by Gasteiger charge is -2.18. The Kier molecular flexibility index (Phi) is 7.02. The first kappa shape index (κ1) is 23.5. The molecule has 1 heterocycles. The van der Waals surface area contributed by atoms with Gasteiger partial charge in [0, 0.05) is 18.1 Å². The van der Waals surface area contributed by atoms with Crippen LogP contribution in [0.2, 0.25) is 0 Å². The zero-order chi connectivity index (χ0) is 23.5. The van der Waals surface area contributed by atoms with Crippen LogP contribution < -0.4 is 5.32 Å². The van der Waals surface area contributed by atoms with Gasteiger partial charge in [-0.1, -0.05) is 48.2 Å². The Labute approximate surface area is 187 Å². The van der Waals surface area contributed by atoms with Crippen molar-refractivity contribution in [1.82, 2.24) is 14.9 Å². The van der Waals surface area contributed by atoms with E-state index in [1.54, 1.807) is 18.2 Å². The highest BCUT2D eigenvalue weighted by molar-refractivity contribution is 8.00. The minimum atomic E-state index is -4.70. The molecule has 6 nitrogen and oxygen atoms in total. The lowest BCUT2D eigenvalue weighted by Crippen LogP contribution is -2.36. The van der Waals surface area contributed by atoms with Crippen LogP contribution in [0, 0.1) is 13.8 Å². The SMILES string of the molecule is Cc1cccc(C)c1NC(=O)CN(C)C(=O)CSc1nc(C(F)(F)F)nc2ccccc12. The molecule has 0 aliphatic carbocycles. The maximum absolute atomic E-state index is 13.1. The van der Waals surface area contributed by atoms with Crippen molar-refractivity contribution in [3.8, 4) is 0 Å². The molecule has 10 heteroatoms. The van der Waals surface area contributed by atoms with Crippen molar-refractivity contribution in [2.45, 2.75) is 25.0 Å². The summed E-state index contributed by atoms with van der Waals surface area (Å²) in [5.41, 5.74) is 2.64. The zero-order valence-electron chi connectivity index (χ0n) is 17.7. The van der Waals surface area contributed by atoms with Gasteiger partial charge < -0.3 is 10.2 Å². The highest BCUT2D eigenvalue weighted by Crippen LogP contribution is 2.32. The van der Waals surface area contributed by atoms with Crippen LogP contribution in [-0.2, 0) is 15.8 Å². The molecule has 3 rings (SSSR count). The van der Waals surface area contributed by atoms with Crippen molar-refractivity contribution in [3.05, 3.63) is 59.4 Å². The number of amides is 2. The normalized spacial score (nSPS) is 11.4. The van der Waals surface area contributed by atoms with E-state index in [-0.39, 0.29) is 28.7 Å². The van der Waals surface area contributed by atoms with Gasteiger partial charge in [-0.15, -0.1) is 0 Å². The Morgan fingerprint density at radius 3 is 2.34 bits per heavy atom. The number of nitrogens with zero attached hydrogens (tertiary/aromatic N) is 3. The number of alkyl halides is 3. The Morgan fingerprint density at radius 2 is 1.69 bits per heavy atom. The second kappa shape index (κ2) is 9.56. The highest BCUT2D eigenvalue weighted by Gasteiger charge is 2.35. The minimum absolute atomic E-state index is 0.0599. The standard InChI is InChI=1S/C22H21F3N4O2S/c1-13-7-6-8-14(2)19(13)27-17(30)11-29(3)18(31)12-32-20-15-9-4-5-10-16(15)26-21(28-20)22(23,24)25/h4-10H,11-12H2,1-3H3,(H,27,30). The van der Waals surface area contributed by atoms with E-state index in [2.05, 4.69) is 15.3 Å². The zero-order valence-corrected chi connectivity index (χ0v) is 18.5. The third kappa shape index (κ3) is 5.56. The molecule has 2 aromatic carbocycles. The number of thioether (sulfide) groups is 1. The van der Waals surface area contributed by atoms with Crippen LogP contribution in [0.15, 0.2) is 47.5 Å². The Bertz CT molecular complexity index is 1150. The number of hydrogen-bond acceptors (Lipinski definition) is 5. The molecule has 0 atom stereocenters. The molecule has 0 aliphatic rings. The number of hydrogen-bond donors (Lipinski definition) is 1. The molecular weight excluding hydrogens is 441 g/mol. The van der Waals surface area contributed by atoms with Crippen LogP contribution in [0.5, 0.6) is 0 Å². The van der Waals surface area contributed by atoms with E-state index in [1.807, 2.05) is 32.0 Å². The van der Waals surface area contributed by atoms with Crippen LogP contribution in [-0.4, -0.2) is 46.0 Å². The highest BCUT2D eigenvalue weighted by atomic mass is 32.2. The second-order valence-electron chi connectivity index (χ2n) is 7.22. The third-order valence-corrected chi connectivity index (χ3v) is 5.68. The molecule has 0 saturated heterocycles. The summed E-state index contributed by atoms with van der Waals surface area (Å²) in [5, 5.41) is 3.29. The van der Waals surface area contributed by atoms with Crippen molar-refractivity contribution in [2.24, 2.45) is 0 Å². The number of rotatable bonds is 6. The Hall–Kier alpha value is -3.14. The lowest BCUT2D eigenvalue weighted by atomic mass is 10.1. The number of likely N-dealkylation sites (N-methyl/N-ethyl adjacent to an activating group) is 1. The number of carbonyl (C=O) groups excluding carboxylic acids is 2. The van der Waals surface area contributed by atoms with E-state index in [4.69, 9.17) is 0 Å². The fourth-order valence-corrected chi connectivity index (χ4v) is 3.98. The summed E-state index contributed by atoms with van der Waals surface area (Å²) in [6, 6.07) is 11.9. The summed E-state index contributed by atoms with van der Waals surface area (Å²) in [7, 11) is 1.46. The lowest BCUT2D eigenvalue weighted by molar-refractivity contribution is -0.145. The van der Waals surface area contributed by atoms with Crippen molar-refractivity contribution in [3.63, 3.8) is 0 Å². The maximum Gasteiger partial charge on any atom is 0.451 e. The molecule has 0 bridgehead atoms. The molecule has 1 N–H and O–H groups in total. The molecule has 0 fully saturated rings. The van der Waals surface area contributed by atoms with E-state index < -0.39 is 17.9 Å². The van der Waals surface area contributed by atoms with E-state index in [9.17, 15) is 22.8 Å². The first-order valence-electron chi connectivity index (χ1n) is 9.63. The Balaban J connectivity index is 1.67. The molecule has 0 unspecified atom stereocenters. The minimum Gasteiger partial charge on any atom is -0.336 e. The molecule has 32 heavy (non-hydrogen) atoms. The van der Waals surface area contributed by atoms with Gasteiger partial charge in [0.1, 0.15) is 5.03 Å². The monoisotopic (exact) mass is 462 g/mol. The van der Waals surface area contributed by atoms with Gasteiger partial charge in [0.05, 0.1) is 17.8 Å². The van der Waals surface area contributed by atoms with Crippen molar-refractivity contribution >= 4 is 40.2 Å². The van der Waals surface area contributed by atoms with Crippen LogP contribution in [0.3, 0.4) is 0 Å². The fourth-order valence-electron chi connectivity index (χ4n) is 3.02. The van der Waals surface area contributed by atoms with Gasteiger partial charge in [-0.05, 0) is 31.0 Å². The Morgan fingerprint density at radius 1 is 1.03 bits per heavy atom. The number of halogens is 3. The van der Waals surface area contributed by atoms with E-state index in [0.29, 0.717) is 11.1 Å². The predicted octanol–water partition coefficient (Wildman–Crippen LogP) is 4.45. The predicted molar refractivity (Wildman–Crippen MR) is 117 cm³/mol. The third-order valence-electron chi connectivity index (χ3n) is 4.71. The number of fused-ring (bicyclic) bond motifs is 1. The summed E-state index contributed by atoms with van der Waals surface area (Å²) < 4.78 is 39.4. The van der Waals surface area contributed by atoms with Crippen LogP contribution in [0.4, 0.5) is 18.9 Å².